The summed E-state index contributed by atoms with van der Waals surface area (Å²) in [6, 6.07) is 10.4. The Morgan fingerprint density at radius 3 is 2.78 bits per heavy atom. The number of aryl methyl sites for hydroxylation is 1. The summed E-state index contributed by atoms with van der Waals surface area (Å²) in [6.45, 7) is 2.51. The van der Waals surface area contributed by atoms with Crippen molar-refractivity contribution in [3.8, 4) is 0 Å². The fourth-order valence-electron chi connectivity index (χ4n) is 1.64. The molecule has 0 saturated carbocycles. The summed E-state index contributed by atoms with van der Waals surface area (Å²) in [5.41, 5.74) is 2.87. The van der Waals surface area contributed by atoms with Gasteiger partial charge in [0.2, 0.25) is 0 Å². The van der Waals surface area contributed by atoms with Crippen LogP contribution in [0.15, 0.2) is 40.9 Å². The van der Waals surface area contributed by atoms with E-state index in [9.17, 15) is 4.39 Å². The first-order valence-electron chi connectivity index (χ1n) is 5.50. The Kier molecular flexibility index (Phi) is 4.25. The Bertz CT molecular complexity index is 520. The summed E-state index contributed by atoms with van der Waals surface area (Å²) in [5.74, 6) is -0.278. The number of rotatable bonds is 3. The van der Waals surface area contributed by atoms with E-state index >= 15 is 0 Å². The van der Waals surface area contributed by atoms with Gasteiger partial charge >= 0.3 is 0 Å². The van der Waals surface area contributed by atoms with Crippen molar-refractivity contribution >= 4 is 33.2 Å². The molecule has 0 unspecified atom stereocenters. The van der Waals surface area contributed by atoms with Gasteiger partial charge in [0.25, 0.3) is 0 Å². The number of hydrogen-bond acceptors (Lipinski definition) is 1. The first kappa shape index (κ1) is 13.4. The molecule has 2 rings (SSSR count). The number of nitrogens with one attached hydrogen (secondary N) is 1. The third-order valence-corrected chi connectivity index (χ3v) is 3.66. The quantitative estimate of drug-likeness (QED) is 0.820. The van der Waals surface area contributed by atoms with Gasteiger partial charge in [-0.3, -0.25) is 0 Å². The predicted molar refractivity (Wildman–Crippen MR) is 77.6 cm³/mol. The van der Waals surface area contributed by atoms with E-state index in [1.165, 1.54) is 12.1 Å². The molecule has 0 fully saturated rings. The van der Waals surface area contributed by atoms with Crippen LogP contribution in [0.5, 0.6) is 0 Å². The Balaban J connectivity index is 2.16. The van der Waals surface area contributed by atoms with Crippen LogP contribution in [0.3, 0.4) is 0 Å². The summed E-state index contributed by atoms with van der Waals surface area (Å²) >= 11 is 9.48. The van der Waals surface area contributed by atoms with E-state index in [1.807, 2.05) is 25.1 Å². The van der Waals surface area contributed by atoms with Gasteiger partial charge in [-0.15, -0.1) is 0 Å². The van der Waals surface area contributed by atoms with Gasteiger partial charge in [0.05, 0.1) is 0 Å². The Hall–Kier alpha value is -1.06. The van der Waals surface area contributed by atoms with E-state index in [0.717, 1.165) is 21.3 Å². The molecule has 0 bridgehead atoms. The lowest BCUT2D eigenvalue weighted by molar-refractivity contribution is 0.626. The average molecular weight is 329 g/mol. The molecule has 2 aromatic rings. The fourth-order valence-corrected chi connectivity index (χ4v) is 2.21. The Morgan fingerprint density at radius 2 is 2.00 bits per heavy atom. The minimum atomic E-state index is -0.278. The monoisotopic (exact) mass is 327 g/mol. The van der Waals surface area contributed by atoms with E-state index in [0.29, 0.717) is 11.6 Å². The van der Waals surface area contributed by atoms with Crippen molar-refractivity contribution in [2.24, 2.45) is 0 Å². The predicted octanol–water partition coefficient (Wildman–Crippen LogP) is 5.16. The van der Waals surface area contributed by atoms with Gasteiger partial charge < -0.3 is 5.32 Å². The first-order valence-corrected chi connectivity index (χ1v) is 6.67. The van der Waals surface area contributed by atoms with Crippen molar-refractivity contribution in [1.29, 1.82) is 0 Å². The van der Waals surface area contributed by atoms with Gasteiger partial charge in [-0.2, -0.15) is 0 Å². The summed E-state index contributed by atoms with van der Waals surface area (Å²) in [5, 5.41) is 3.80. The Morgan fingerprint density at radius 1 is 1.22 bits per heavy atom. The standard InChI is InChI=1S/C14H12BrClFN/c1-9-2-4-12(15)14(6-9)18-8-10-7-11(17)3-5-13(10)16/h2-7,18H,8H2,1H3. The maximum Gasteiger partial charge on any atom is 0.123 e. The molecule has 0 aromatic heterocycles. The molecule has 2 aromatic carbocycles. The molecule has 18 heavy (non-hydrogen) atoms. The second-order valence-corrected chi connectivity index (χ2v) is 5.33. The molecule has 94 valence electrons. The van der Waals surface area contributed by atoms with E-state index in [-0.39, 0.29) is 5.82 Å². The van der Waals surface area contributed by atoms with Crippen LogP contribution in [-0.2, 0) is 6.54 Å². The zero-order chi connectivity index (χ0) is 13.1. The molecular formula is C14H12BrClFN. The normalized spacial score (nSPS) is 10.4. The minimum absolute atomic E-state index is 0.278. The van der Waals surface area contributed by atoms with Crippen LogP contribution in [0.4, 0.5) is 10.1 Å². The molecule has 0 radical (unpaired) electrons. The van der Waals surface area contributed by atoms with E-state index in [4.69, 9.17) is 11.6 Å². The van der Waals surface area contributed by atoms with E-state index < -0.39 is 0 Å². The molecule has 0 aliphatic rings. The van der Waals surface area contributed by atoms with Gasteiger partial charge in [-0.1, -0.05) is 17.7 Å². The van der Waals surface area contributed by atoms with Crippen LogP contribution in [0.1, 0.15) is 11.1 Å². The summed E-state index contributed by atoms with van der Waals surface area (Å²) < 4.78 is 14.1. The molecule has 0 spiro atoms. The van der Waals surface area contributed by atoms with Crippen molar-refractivity contribution in [3.05, 3.63) is 62.8 Å². The Labute approximate surface area is 119 Å². The average Bonchev–Trinajstić information content (AvgIpc) is 2.34. The lowest BCUT2D eigenvalue weighted by Gasteiger charge is -2.10. The molecule has 1 N–H and O–H groups in total. The highest BCUT2D eigenvalue weighted by atomic mass is 79.9. The van der Waals surface area contributed by atoms with Gasteiger partial charge in [0, 0.05) is 21.7 Å². The SMILES string of the molecule is Cc1ccc(Br)c(NCc2cc(F)ccc2Cl)c1. The maximum absolute atomic E-state index is 13.1. The van der Waals surface area contributed by atoms with E-state index in [1.54, 1.807) is 6.07 Å². The summed E-state index contributed by atoms with van der Waals surface area (Å²) in [7, 11) is 0. The molecule has 0 aliphatic carbocycles. The van der Waals surface area contributed by atoms with Gasteiger partial charge in [-0.05, 0) is 64.3 Å². The largest absolute Gasteiger partial charge is 0.380 e. The molecule has 4 heteroatoms. The molecular weight excluding hydrogens is 317 g/mol. The zero-order valence-electron chi connectivity index (χ0n) is 9.81. The highest BCUT2D eigenvalue weighted by molar-refractivity contribution is 9.10. The van der Waals surface area contributed by atoms with Crippen molar-refractivity contribution in [1.82, 2.24) is 0 Å². The van der Waals surface area contributed by atoms with Gasteiger partial charge in [-0.25, -0.2) is 4.39 Å². The fraction of sp³-hybridized carbons (Fsp3) is 0.143. The van der Waals surface area contributed by atoms with Crippen LogP contribution in [0.25, 0.3) is 0 Å². The third-order valence-electron chi connectivity index (χ3n) is 2.60. The first-order chi connectivity index (χ1) is 8.56. The smallest absolute Gasteiger partial charge is 0.123 e. The molecule has 0 amide bonds. The zero-order valence-corrected chi connectivity index (χ0v) is 12.1. The van der Waals surface area contributed by atoms with Crippen LogP contribution in [0, 0.1) is 12.7 Å². The third kappa shape index (κ3) is 3.24. The number of benzene rings is 2. The highest BCUT2D eigenvalue weighted by Gasteiger charge is 2.04. The second kappa shape index (κ2) is 5.72. The van der Waals surface area contributed by atoms with Crippen molar-refractivity contribution in [2.75, 3.05) is 5.32 Å². The second-order valence-electron chi connectivity index (χ2n) is 4.07. The molecule has 0 heterocycles. The highest BCUT2D eigenvalue weighted by Crippen LogP contribution is 2.25. The topological polar surface area (TPSA) is 12.0 Å². The molecule has 0 atom stereocenters. The van der Waals surface area contributed by atoms with Crippen molar-refractivity contribution < 1.29 is 4.39 Å². The lowest BCUT2D eigenvalue weighted by Crippen LogP contribution is -2.01. The number of anilines is 1. The van der Waals surface area contributed by atoms with Crippen LogP contribution < -0.4 is 5.32 Å². The summed E-state index contributed by atoms with van der Waals surface area (Å²) in [6.07, 6.45) is 0. The minimum Gasteiger partial charge on any atom is -0.380 e. The molecule has 1 nitrogen and oxygen atoms in total. The van der Waals surface area contributed by atoms with Gasteiger partial charge in [0.15, 0.2) is 0 Å². The number of halogens is 3. The van der Waals surface area contributed by atoms with Crippen LogP contribution in [0.2, 0.25) is 5.02 Å². The number of hydrogen-bond donors (Lipinski definition) is 1. The summed E-state index contributed by atoms with van der Waals surface area (Å²) in [4.78, 5) is 0. The maximum atomic E-state index is 13.1. The van der Waals surface area contributed by atoms with Crippen LogP contribution >= 0.6 is 27.5 Å². The van der Waals surface area contributed by atoms with Crippen molar-refractivity contribution in [2.45, 2.75) is 13.5 Å². The van der Waals surface area contributed by atoms with Crippen LogP contribution in [-0.4, -0.2) is 0 Å². The molecule has 0 aliphatic heterocycles. The molecule has 0 saturated heterocycles. The van der Waals surface area contributed by atoms with Gasteiger partial charge in [0.1, 0.15) is 5.82 Å². The van der Waals surface area contributed by atoms with Crippen molar-refractivity contribution in [3.63, 3.8) is 0 Å². The lowest BCUT2D eigenvalue weighted by atomic mass is 10.2. The van der Waals surface area contributed by atoms with E-state index in [2.05, 4.69) is 21.2 Å².